The van der Waals surface area contributed by atoms with Crippen LogP contribution < -0.4 is 10.6 Å². The van der Waals surface area contributed by atoms with Crippen LogP contribution in [0.3, 0.4) is 0 Å². The Balaban J connectivity index is 1.67. The van der Waals surface area contributed by atoms with Crippen LogP contribution >= 0.6 is 0 Å². The quantitative estimate of drug-likeness (QED) is 0.763. The average molecular weight is 316 g/mol. The molecule has 0 saturated carbocycles. The van der Waals surface area contributed by atoms with Crippen LogP contribution in [-0.2, 0) is 11.3 Å². The van der Waals surface area contributed by atoms with Crippen molar-refractivity contribution in [3.63, 3.8) is 0 Å². The number of hydrogen-bond donors (Lipinski definition) is 2. The number of carbonyl (C=O) groups excluding carboxylic acids is 2. The summed E-state index contributed by atoms with van der Waals surface area (Å²) in [6, 6.07) is 9.90. The van der Waals surface area contributed by atoms with E-state index in [1.54, 1.807) is 6.08 Å². The van der Waals surface area contributed by atoms with E-state index in [1.165, 1.54) is 5.56 Å². The zero-order valence-corrected chi connectivity index (χ0v) is 13.3. The number of benzene rings is 1. The van der Waals surface area contributed by atoms with Crippen LogP contribution in [0.5, 0.6) is 0 Å². The fraction of sp³-hybridized carbons (Fsp3) is 0.412. The van der Waals surface area contributed by atoms with Crippen molar-refractivity contribution >= 4 is 11.9 Å². The van der Waals surface area contributed by atoms with E-state index in [0.717, 1.165) is 32.7 Å². The van der Waals surface area contributed by atoms with Crippen molar-refractivity contribution in [2.75, 3.05) is 39.3 Å². The zero-order valence-electron chi connectivity index (χ0n) is 13.3. The van der Waals surface area contributed by atoms with Gasteiger partial charge in [-0.1, -0.05) is 36.4 Å². The highest BCUT2D eigenvalue weighted by molar-refractivity contribution is 5.95. The van der Waals surface area contributed by atoms with Crippen molar-refractivity contribution in [1.29, 1.82) is 0 Å². The summed E-state index contributed by atoms with van der Waals surface area (Å²) in [5, 5.41) is 4.84. The summed E-state index contributed by atoms with van der Waals surface area (Å²) in [6.45, 7) is 8.53. The Morgan fingerprint density at radius 3 is 2.39 bits per heavy atom. The highest BCUT2D eigenvalue weighted by atomic mass is 16.2. The number of carbonyl (C=O) groups is 2. The standard InChI is InChI=1S/C17H24N4O2/c1-2-8-18-17(23)19-16(22)14-21-11-9-20(10-12-21)13-15-6-4-3-5-7-15/h2-7H,1,8-14H2,(H2,18,19,22,23). The average Bonchev–Trinajstić information content (AvgIpc) is 2.55. The van der Waals surface area contributed by atoms with E-state index in [2.05, 4.69) is 39.1 Å². The molecule has 1 aromatic carbocycles. The fourth-order valence-electron chi connectivity index (χ4n) is 2.53. The van der Waals surface area contributed by atoms with Gasteiger partial charge in [0.15, 0.2) is 0 Å². The minimum Gasteiger partial charge on any atom is -0.334 e. The molecule has 2 N–H and O–H groups in total. The molecule has 1 aliphatic rings. The molecule has 0 aromatic heterocycles. The van der Waals surface area contributed by atoms with Gasteiger partial charge in [-0.2, -0.15) is 0 Å². The van der Waals surface area contributed by atoms with E-state index in [9.17, 15) is 9.59 Å². The number of piperazine rings is 1. The van der Waals surface area contributed by atoms with Crippen molar-refractivity contribution < 1.29 is 9.59 Å². The van der Waals surface area contributed by atoms with Gasteiger partial charge in [0.05, 0.1) is 6.54 Å². The number of nitrogens with one attached hydrogen (secondary N) is 2. The van der Waals surface area contributed by atoms with Crippen molar-refractivity contribution in [1.82, 2.24) is 20.4 Å². The summed E-state index contributed by atoms with van der Waals surface area (Å²) in [5.74, 6) is -0.275. The van der Waals surface area contributed by atoms with E-state index in [-0.39, 0.29) is 12.5 Å². The van der Waals surface area contributed by atoms with Crippen LogP contribution in [-0.4, -0.2) is 61.0 Å². The summed E-state index contributed by atoms with van der Waals surface area (Å²) < 4.78 is 0. The van der Waals surface area contributed by atoms with E-state index >= 15 is 0 Å². The van der Waals surface area contributed by atoms with Crippen molar-refractivity contribution in [2.45, 2.75) is 6.54 Å². The molecule has 3 amide bonds. The Kier molecular flexibility index (Phi) is 6.77. The Bertz CT molecular complexity index is 525. The molecule has 1 aromatic rings. The number of rotatable bonds is 6. The predicted octanol–water partition coefficient (Wildman–Crippen LogP) is 0.816. The lowest BCUT2D eigenvalue weighted by atomic mass is 10.2. The molecule has 2 rings (SSSR count). The number of nitrogens with zero attached hydrogens (tertiary/aromatic N) is 2. The van der Waals surface area contributed by atoms with Gasteiger partial charge in [0.2, 0.25) is 5.91 Å². The second-order valence-electron chi connectivity index (χ2n) is 5.58. The third-order valence-corrected chi connectivity index (χ3v) is 3.74. The van der Waals surface area contributed by atoms with Gasteiger partial charge in [0.25, 0.3) is 0 Å². The molecule has 1 aliphatic heterocycles. The van der Waals surface area contributed by atoms with Gasteiger partial charge in [-0.25, -0.2) is 4.79 Å². The van der Waals surface area contributed by atoms with Crippen LogP contribution in [0.25, 0.3) is 0 Å². The third-order valence-electron chi connectivity index (χ3n) is 3.74. The van der Waals surface area contributed by atoms with Crippen molar-refractivity contribution in [2.24, 2.45) is 0 Å². The first-order valence-corrected chi connectivity index (χ1v) is 7.84. The molecule has 124 valence electrons. The molecule has 6 nitrogen and oxygen atoms in total. The van der Waals surface area contributed by atoms with Gasteiger partial charge in [-0.3, -0.25) is 19.9 Å². The second-order valence-corrected chi connectivity index (χ2v) is 5.58. The van der Waals surface area contributed by atoms with E-state index in [0.29, 0.717) is 6.54 Å². The summed E-state index contributed by atoms with van der Waals surface area (Å²) in [5.41, 5.74) is 1.30. The van der Waals surface area contributed by atoms with Crippen LogP contribution in [0, 0.1) is 0 Å². The highest BCUT2D eigenvalue weighted by Gasteiger charge is 2.19. The molecule has 1 saturated heterocycles. The molecule has 6 heteroatoms. The molecule has 0 radical (unpaired) electrons. The predicted molar refractivity (Wildman–Crippen MR) is 89.9 cm³/mol. The van der Waals surface area contributed by atoms with Gasteiger partial charge in [-0.15, -0.1) is 6.58 Å². The normalized spacial score (nSPS) is 15.8. The van der Waals surface area contributed by atoms with Gasteiger partial charge in [-0.05, 0) is 5.56 Å². The number of amides is 3. The van der Waals surface area contributed by atoms with Gasteiger partial charge >= 0.3 is 6.03 Å². The number of imide groups is 1. The smallest absolute Gasteiger partial charge is 0.321 e. The minimum atomic E-state index is -0.474. The Hall–Kier alpha value is -2.18. The van der Waals surface area contributed by atoms with Crippen LogP contribution in [0.15, 0.2) is 43.0 Å². The van der Waals surface area contributed by atoms with E-state index < -0.39 is 6.03 Å². The molecular weight excluding hydrogens is 292 g/mol. The first-order valence-electron chi connectivity index (χ1n) is 7.84. The Morgan fingerprint density at radius 2 is 1.74 bits per heavy atom. The molecule has 0 unspecified atom stereocenters. The van der Waals surface area contributed by atoms with Crippen molar-refractivity contribution in [3.05, 3.63) is 48.6 Å². The summed E-state index contributed by atoms with van der Waals surface area (Å²) in [6.07, 6.45) is 1.57. The third kappa shape index (κ3) is 6.22. The molecule has 23 heavy (non-hydrogen) atoms. The van der Waals surface area contributed by atoms with E-state index in [4.69, 9.17) is 0 Å². The first-order chi connectivity index (χ1) is 11.2. The molecule has 1 fully saturated rings. The van der Waals surface area contributed by atoms with Gasteiger partial charge in [0.1, 0.15) is 0 Å². The Labute approximate surface area is 137 Å². The molecule has 0 aliphatic carbocycles. The van der Waals surface area contributed by atoms with Gasteiger partial charge in [0, 0.05) is 39.3 Å². The molecule has 1 heterocycles. The molecular formula is C17H24N4O2. The minimum absolute atomic E-state index is 0.251. The van der Waals surface area contributed by atoms with E-state index in [1.807, 2.05) is 18.2 Å². The lowest BCUT2D eigenvalue weighted by Gasteiger charge is -2.34. The van der Waals surface area contributed by atoms with Gasteiger partial charge < -0.3 is 5.32 Å². The summed E-state index contributed by atoms with van der Waals surface area (Å²) in [7, 11) is 0. The molecule has 0 spiro atoms. The van der Waals surface area contributed by atoms with Crippen LogP contribution in [0.4, 0.5) is 4.79 Å². The van der Waals surface area contributed by atoms with Crippen molar-refractivity contribution in [3.8, 4) is 0 Å². The lowest BCUT2D eigenvalue weighted by molar-refractivity contribution is -0.121. The fourth-order valence-corrected chi connectivity index (χ4v) is 2.53. The lowest BCUT2D eigenvalue weighted by Crippen LogP contribution is -2.50. The second kappa shape index (κ2) is 9.07. The maximum atomic E-state index is 11.8. The highest BCUT2D eigenvalue weighted by Crippen LogP contribution is 2.08. The zero-order chi connectivity index (χ0) is 16.5. The SMILES string of the molecule is C=CCNC(=O)NC(=O)CN1CCN(Cc2ccccc2)CC1. The number of hydrogen-bond acceptors (Lipinski definition) is 4. The largest absolute Gasteiger partial charge is 0.334 e. The molecule has 0 atom stereocenters. The maximum absolute atomic E-state index is 11.8. The maximum Gasteiger partial charge on any atom is 0.321 e. The monoisotopic (exact) mass is 316 g/mol. The molecule has 0 bridgehead atoms. The van der Waals surface area contributed by atoms with Crippen LogP contribution in [0.1, 0.15) is 5.56 Å². The summed E-state index contributed by atoms with van der Waals surface area (Å²) in [4.78, 5) is 27.6. The summed E-state index contributed by atoms with van der Waals surface area (Å²) >= 11 is 0. The van der Waals surface area contributed by atoms with Crippen LogP contribution in [0.2, 0.25) is 0 Å². The Morgan fingerprint density at radius 1 is 1.09 bits per heavy atom. The number of urea groups is 1. The topological polar surface area (TPSA) is 64.7 Å². The first kappa shape index (κ1) is 17.2.